The lowest BCUT2D eigenvalue weighted by Gasteiger charge is -2.21. The van der Waals surface area contributed by atoms with Crippen LogP contribution in [0.5, 0.6) is 0 Å². The van der Waals surface area contributed by atoms with Crippen molar-refractivity contribution in [2.24, 2.45) is 11.7 Å². The van der Waals surface area contributed by atoms with Crippen molar-refractivity contribution < 1.29 is 4.42 Å². The molecule has 0 fully saturated rings. The summed E-state index contributed by atoms with van der Waals surface area (Å²) in [5.41, 5.74) is 7.04. The van der Waals surface area contributed by atoms with E-state index in [4.69, 9.17) is 10.2 Å². The zero-order valence-corrected chi connectivity index (χ0v) is 11.0. The summed E-state index contributed by atoms with van der Waals surface area (Å²) in [6, 6.07) is 3.94. The van der Waals surface area contributed by atoms with Crippen molar-refractivity contribution in [1.82, 2.24) is 4.98 Å². The van der Waals surface area contributed by atoms with E-state index in [0.29, 0.717) is 5.92 Å². The molecule has 0 bridgehead atoms. The molecule has 2 rings (SSSR count). The highest BCUT2D eigenvalue weighted by Gasteiger charge is 2.14. The predicted molar refractivity (Wildman–Crippen MR) is 74.5 cm³/mol. The van der Waals surface area contributed by atoms with Gasteiger partial charge in [0.05, 0.1) is 11.6 Å². The summed E-state index contributed by atoms with van der Waals surface area (Å²) >= 11 is 0. The molecule has 1 atom stereocenters. The molecule has 4 heteroatoms. The van der Waals surface area contributed by atoms with Crippen LogP contribution in [0.15, 0.2) is 29.0 Å². The molecule has 98 valence electrons. The second-order valence-electron chi connectivity index (χ2n) is 4.61. The lowest BCUT2D eigenvalue weighted by Crippen LogP contribution is -2.36. The van der Waals surface area contributed by atoms with Gasteiger partial charge in [0.2, 0.25) is 0 Å². The maximum atomic E-state index is 6.19. The zero-order chi connectivity index (χ0) is 13.0. The Morgan fingerprint density at radius 2 is 2.11 bits per heavy atom. The maximum Gasteiger partial charge on any atom is 0.139 e. The van der Waals surface area contributed by atoms with Crippen LogP contribution in [0, 0.1) is 5.92 Å². The summed E-state index contributed by atoms with van der Waals surface area (Å²) in [6.45, 7) is 5.11. The van der Waals surface area contributed by atoms with Gasteiger partial charge in [-0.1, -0.05) is 26.7 Å². The average Bonchev–Trinajstić information content (AvgIpc) is 2.86. The number of hydrogen-bond acceptors (Lipinski definition) is 4. The minimum Gasteiger partial charge on any atom is -0.464 e. The van der Waals surface area contributed by atoms with Crippen molar-refractivity contribution in [3.05, 3.63) is 24.6 Å². The summed E-state index contributed by atoms with van der Waals surface area (Å²) in [7, 11) is 0. The Morgan fingerprint density at radius 3 is 2.83 bits per heavy atom. The number of aromatic nitrogens is 1. The maximum absolute atomic E-state index is 6.19. The van der Waals surface area contributed by atoms with Crippen LogP contribution >= 0.6 is 0 Å². The Labute approximate surface area is 108 Å². The van der Waals surface area contributed by atoms with Crippen molar-refractivity contribution in [1.29, 1.82) is 0 Å². The van der Waals surface area contributed by atoms with Crippen molar-refractivity contribution in [3.63, 3.8) is 0 Å². The van der Waals surface area contributed by atoms with Gasteiger partial charge in [-0.05, 0) is 18.1 Å². The van der Waals surface area contributed by atoms with E-state index >= 15 is 0 Å². The molecule has 0 saturated heterocycles. The molecule has 0 aliphatic heterocycles. The van der Waals surface area contributed by atoms with Gasteiger partial charge >= 0.3 is 0 Å². The largest absolute Gasteiger partial charge is 0.464 e. The van der Waals surface area contributed by atoms with Crippen molar-refractivity contribution in [3.8, 4) is 0 Å². The topological polar surface area (TPSA) is 64.1 Å². The molecule has 0 amide bonds. The highest BCUT2D eigenvalue weighted by Crippen LogP contribution is 2.22. The van der Waals surface area contributed by atoms with E-state index < -0.39 is 0 Å². The van der Waals surface area contributed by atoms with Crippen LogP contribution in [0.25, 0.3) is 11.0 Å². The van der Waals surface area contributed by atoms with Gasteiger partial charge in [0, 0.05) is 18.8 Å². The van der Waals surface area contributed by atoms with E-state index in [1.165, 1.54) is 0 Å². The number of rotatable bonds is 6. The molecule has 0 radical (unpaired) electrons. The number of nitrogens with one attached hydrogen (secondary N) is 1. The molecule has 0 aliphatic rings. The van der Waals surface area contributed by atoms with Gasteiger partial charge in [0.25, 0.3) is 0 Å². The highest BCUT2D eigenvalue weighted by atomic mass is 16.3. The highest BCUT2D eigenvalue weighted by molar-refractivity contribution is 5.87. The van der Waals surface area contributed by atoms with Crippen LogP contribution in [-0.4, -0.2) is 17.6 Å². The first-order chi connectivity index (χ1) is 8.76. The number of hydrogen-bond donors (Lipinski definition) is 2. The molecule has 0 spiro atoms. The van der Waals surface area contributed by atoms with Crippen LogP contribution < -0.4 is 11.1 Å². The Hall–Kier alpha value is -1.55. The number of furan rings is 1. The van der Waals surface area contributed by atoms with Gasteiger partial charge in [-0.3, -0.25) is 0 Å². The SMILES string of the molecule is CCC(CC)C(N)CNc1nccc2occc12. The molecule has 2 heterocycles. The average molecular weight is 247 g/mol. The molecule has 3 N–H and O–H groups in total. The van der Waals surface area contributed by atoms with Crippen LogP contribution in [-0.2, 0) is 0 Å². The fourth-order valence-corrected chi connectivity index (χ4v) is 2.31. The van der Waals surface area contributed by atoms with E-state index in [-0.39, 0.29) is 6.04 Å². The van der Waals surface area contributed by atoms with Crippen LogP contribution in [0.4, 0.5) is 5.82 Å². The summed E-state index contributed by atoms with van der Waals surface area (Å²) in [5, 5.41) is 4.34. The van der Waals surface area contributed by atoms with Gasteiger partial charge in [0.1, 0.15) is 11.4 Å². The van der Waals surface area contributed by atoms with E-state index in [9.17, 15) is 0 Å². The van der Waals surface area contributed by atoms with Crippen molar-refractivity contribution >= 4 is 16.8 Å². The Bertz CT molecular complexity index is 490. The van der Waals surface area contributed by atoms with Crippen LogP contribution in [0.3, 0.4) is 0 Å². The van der Waals surface area contributed by atoms with Crippen molar-refractivity contribution in [2.75, 3.05) is 11.9 Å². The van der Waals surface area contributed by atoms with Gasteiger partial charge in [-0.2, -0.15) is 0 Å². The summed E-state index contributed by atoms with van der Waals surface area (Å²) < 4.78 is 5.34. The summed E-state index contributed by atoms with van der Waals surface area (Å²) in [6.07, 6.45) is 5.65. The van der Waals surface area contributed by atoms with Crippen LogP contribution in [0.2, 0.25) is 0 Å². The van der Waals surface area contributed by atoms with E-state index in [2.05, 4.69) is 24.1 Å². The number of anilines is 1. The minimum atomic E-state index is 0.156. The number of nitrogens with two attached hydrogens (primary N) is 1. The first kappa shape index (κ1) is 12.9. The summed E-state index contributed by atoms with van der Waals surface area (Å²) in [4.78, 5) is 4.34. The second-order valence-corrected chi connectivity index (χ2v) is 4.61. The Morgan fingerprint density at radius 1 is 1.33 bits per heavy atom. The lowest BCUT2D eigenvalue weighted by atomic mass is 9.95. The molecule has 0 aliphatic carbocycles. The van der Waals surface area contributed by atoms with Crippen molar-refractivity contribution in [2.45, 2.75) is 32.7 Å². The fraction of sp³-hybridized carbons (Fsp3) is 0.500. The van der Waals surface area contributed by atoms with E-state index in [0.717, 1.165) is 36.2 Å². The molecule has 18 heavy (non-hydrogen) atoms. The van der Waals surface area contributed by atoms with Gasteiger partial charge in [0.15, 0.2) is 0 Å². The minimum absolute atomic E-state index is 0.156. The monoisotopic (exact) mass is 247 g/mol. The lowest BCUT2D eigenvalue weighted by molar-refractivity contribution is 0.407. The van der Waals surface area contributed by atoms with Gasteiger partial charge < -0.3 is 15.5 Å². The first-order valence-electron chi connectivity index (χ1n) is 6.57. The van der Waals surface area contributed by atoms with Crippen LogP contribution in [0.1, 0.15) is 26.7 Å². The Balaban J connectivity index is 2.04. The van der Waals surface area contributed by atoms with E-state index in [1.54, 1.807) is 12.5 Å². The second kappa shape index (κ2) is 5.87. The standard InChI is InChI=1S/C14H21N3O/c1-3-10(4-2)12(15)9-17-14-11-6-8-18-13(11)5-7-16-14/h5-8,10,12H,3-4,9,15H2,1-2H3,(H,16,17). The van der Waals surface area contributed by atoms with Gasteiger partial charge in [-0.15, -0.1) is 0 Å². The molecule has 0 saturated carbocycles. The first-order valence-corrected chi connectivity index (χ1v) is 6.57. The smallest absolute Gasteiger partial charge is 0.139 e. The molecule has 0 aromatic carbocycles. The van der Waals surface area contributed by atoms with E-state index in [1.807, 2.05) is 12.1 Å². The Kier molecular flexibility index (Phi) is 4.20. The quantitative estimate of drug-likeness (QED) is 0.823. The molecule has 2 aromatic heterocycles. The third-order valence-electron chi connectivity index (χ3n) is 3.54. The number of nitrogens with zero attached hydrogens (tertiary/aromatic N) is 1. The summed E-state index contributed by atoms with van der Waals surface area (Å²) in [5.74, 6) is 1.41. The third-order valence-corrected chi connectivity index (χ3v) is 3.54. The molecule has 2 aromatic rings. The predicted octanol–water partition coefficient (Wildman–Crippen LogP) is 3.00. The number of fused-ring (bicyclic) bond motifs is 1. The van der Waals surface area contributed by atoms with Gasteiger partial charge in [-0.25, -0.2) is 4.98 Å². The normalized spacial score (nSPS) is 13.1. The third kappa shape index (κ3) is 2.64. The molecule has 1 unspecified atom stereocenters. The zero-order valence-electron chi connectivity index (χ0n) is 11.0. The fourth-order valence-electron chi connectivity index (χ4n) is 2.31. The molecular weight excluding hydrogens is 226 g/mol. The molecular formula is C14H21N3O. The molecule has 4 nitrogen and oxygen atoms in total. The number of pyridine rings is 1.